The molecule has 0 aliphatic rings. The molecule has 2 rings (SSSR count). The van der Waals surface area contributed by atoms with Gasteiger partial charge in [0.2, 0.25) is 0 Å². The molecule has 18 heavy (non-hydrogen) atoms. The van der Waals surface area contributed by atoms with Crippen molar-refractivity contribution in [2.45, 2.75) is 12.7 Å². The summed E-state index contributed by atoms with van der Waals surface area (Å²) in [6.07, 6.45) is 3.40. The molecular formula is C13H17N3O2. The van der Waals surface area contributed by atoms with Gasteiger partial charge in [-0.15, -0.1) is 0 Å². The van der Waals surface area contributed by atoms with Crippen LogP contribution in [0.4, 0.5) is 0 Å². The van der Waals surface area contributed by atoms with Crippen molar-refractivity contribution in [1.82, 2.24) is 9.78 Å². The number of nitrogens with zero attached hydrogens (tertiary/aromatic N) is 2. The topological polar surface area (TPSA) is 73.3 Å². The number of aromatic nitrogens is 2. The van der Waals surface area contributed by atoms with Gasteiger partial charge in [0.25, 0.3) is 0 Å². The van der Waals surface area contributed by atoms with Crippen LogP contribution in [0.1, 0.15) is 17.2 Å². The average Bonchev–Trinajstić information content (AvgIpc) is 2.82. The largest absolute Gasteiger partial charge is 0.484 e. The molecule has 2 aromatic rings. The normalized spacial score (nSPS) is 12.4. The standard InChI is InChI=1S/C13H17N3O2/c1-16-8-11(7-15-16)13(6-14)18-12-4-2-3-10(5-12)9-17/h2-5,7-8,13,17H,6,9,14H2,1H3. The number of hydrogen-bond donors (Lipinski definition) is 2. The molecule has 0 aliphatic carbocycles. The summed E-state index contributed by atoms with van der Waals surface area (Å²) in [4.78, 5) is 0. The van der Waals surface area contributed by atoms with E-state index in [9.17, 15) is 0 Å². The zero-order valence-electron chi connectivity index (χ0n) is 10.3. The average molecular weight is 247 g/mol. The van der Waals surface area contributed by atoms with Crippen molar-refractivity contribution < 1.29 is 9.84 Å². The number of aryl methyl sites for hydroxylation is 1. The van der Waals surface area contributed by atoms with Crippen LogP contribution in [-0.2, 0) is 13.7 Å². The highest BCUT2D eigenvalue weighted by molar-refractivity contribution is 5.29. The van der Waals surface area contributed by atoms with E-state index in [2.05, 4.69) is 5.10 Å². The molecule has 0 saturated heterocycles. The van der Waals surface area contributed by atoms with Crippen LogP contribution in [0.15, 0.2) is 36.7 Å². The molecule has 5 heteroatoms. The molecule has 0 saturated carbocycles. The summed E-state index contributed by atoms with van der Waals surface area (Å²) < 4.78 is 7.53. The molecule has 96 valence electrons. The minimum atomic E-state index is -0.229. The van der Waals surface area contributed by atoms with E-state index in [1.165, 1.54) is 0 Å². The molecule has 1 heterocycles. The van der Waals surface area contributed by atoms with Crippen molar-refractivity contribution in [2.24, 2.45) is 12.8 Å². The van der Waals surface area contributed by atoms with Crippen molar-refractivity contribution in [2.75, 3.05) is 6.54 Å². The third kappa shape index (κ3) is 2.88. The second kappa shape index (κ2) is 5.66. The zero-order valence-corrected chi connectivity index (χ0v) is 10.3. The van der Waals surface area contributed by atoms with Gasteiger partial charge < -0.3 is 15.6 Å². The lowest BCUT2D eigenvalue weighted by Gasteiger charge is -2.16. The summed E-state index contributed by atoms with van der Waals surface area (Å²) in [7, 11) is 1.85. The number of ether oxygens (including phenoxy) is 1. The predicted molar refractivity (Wildman–Crippen MR) is 68.0 cm³/mol. The second-order valence-corrected chi connectivity index (χ2v) is 4.10. The second-order valence-electron chi connectivity index (χ2n) is 4.10. The summed E-state index contributed by atoms with van der Waals surface area (Å²) in [6.45, 7) is 0.367. The lowest BCUT2D eigenvalue weighted by molar-refractivity contribution is 0.213. The quantitative estimate of drug-likeness (QED) is 0.826. The summed E-state index contributed by atoms with van der Waals surface area (Å²) >= 11 is 0. The number of rotatable bonds is 5. The minimum absolute atomic E-state index is 0.00260. The Morgan fingerprint density at radius 2 is 2.33 bits per heavy atom. The minimum Gasteiger partial charge on any atom is -0.484 e. The van der Waals surface area contributed by atoms with Crippen molar-refractivity contribution in [3.8, 4) is 5.75 Å². The maximum atomic E-state index is 9.08. The molecule has 5 nitrogen and oxygen atoms in total. The van der Waals surface area contributed by atoms with Crippen molar-refractivity contribution in [1.29, 1.82) is 0 Å². The van der Waals surface area contributed by atoms with Gasteiger partial charge in [-0.1, -0.05) is 12.1 Å². The molecule has 0 spiro atoms. The predicted octanol–water partition coefficient (Wildman–Crippen LogP) is 0.991. The van der Waals surface area contributed by atoms with Crippen molar-refractivity contribution in [3.63, 3.8) is 0 Å². The summed E-state index contributed by atoms with van der Waals surface area (Å²) in [5.41, 5.74) is 7.47. The lowest BCUT2D eigenvalue weighted by Crippen LogP contribution is -2.18. The first-order valence-corrected chi connectivity index (χ1v) is 5.78. The molecule has 0 aliphatic heterocycles. The van der Waals surface area contributed by atoms with Crippen LogP contribution in [0.2, 0.25) is 0 Å². The first-order chi connectivity index (χ1) is 8.72. The van der Waals surface area contributed by atoms with Crippen LogP contribution >= 0.6 is 0 Å². The summed E-state index contributed by atoms with van der Waals surface area (Å²) in [5.74, 6) is 0.695. The number of nitrogens with two attached hydrogens (primary N) is 1. The Bertz CT molecular complexity index is 510. The number of aliphatic hydroxyl groups excluding tert-OH is 1. The highest BCUT2D eigenvalue weighted by Gasteiger charge is 2.13. The van der Waals surface area contributed by atoms with Crippen LogP contribution in [0.3, 0.4) is 0 Å². The van der Waals surface area contributed by atoms with Gasteiger partial charge in [0.1, 0.15) is 11.9 Å². The first kappa shape index (κ1) is 12.6. The Kier molecular flexibility index (Phi) is 3.96. The molecule has 0 amide bonds. The third-order valence-corrected chi connectivity index (χ3v) is 2.67. The Labute approximate surface area is 106 Å². The van der Waals surface area contributed by atoms with Gasteiger partial charge in [-0.2, -0.15) is 5.10 Å². The Morgan fingerprint density at radius 3 is 2.94 bits per heavy atom. The van der Waals surface area contributed by atoms with Gasteiger partial charge in [-0.05, 0) is 17.7 Å². The highest BCUT2D eigenvalue weighted by Crippen LogP contribution is 2.21. The van der Waals surface area contributed by atoms with Gasteiger partial charge in [0.05, 0.1) is 12.8 Å². The van der Waals surface area contributed by atoms with E-state index in [0.717, 1.165) is 11.1 Å². The highest BCUT2D eigenvalue weighted by atomic mass is 16.5. The fourth-order valence-corrected chi connectivity index (χ4v) is 1.74. The molecule has 3 N–H and O–H groups in total. The van der Waals surface area contributed by atoms with E-state index in [-0.39, 0.29) is 12.7 Å². The van der Waals surface area contributed by atoms with Gasteiger partial charge in [0, 0.05) is 25.4 Å². The fraction of sp³-hybridized carbons (Fsp3) is 0.308. The summed E-state index contributed by atoms with van der Waals surface area (Å²) in [6, 6.07) is 7.34. The molecule has 1 unspecified atom stereocenters. The maximum absolute atomic E-state index is 9.08. The van der Waals surface area contributed by atoms with E-state index in [1.54, 1.807) is 16.9 Å². The van der Waals surface area contributed by atoms with Crippen molar-refractivity contribution in [3.05, 3.63) is 47.8 Å². The van der Waals surface area contributed by atoms with Gasteiger partial charge in [-0.3, -0.25) is 4.68 Å². The van der Waals surface area contributed by atoms with E-state index in [4.69, 9.17) is 15.6 Å². The van der Waals surface area contributed by atoms with Crippen LogP contribution in [0, 0.1) is 0 Å². The summed E-state index contributed by atoms with van der Waals surface area (Å²) in [5, 5.41) is 13.2. The number of benzene rings is 1. The lowest BCUT2D eigenvalue weighted by atomic mass is 10.2. The Hall–Kier alpha value is -1.85. The van der Waals surface area contributed by atoms with Crippen LogP contribution in [-0.4, -0.2) is 21.4 Å². The molecular weight excluding hydrogens is 230 g/mol. The SMILES string of the molecule is Cn1cc(C(CN)Oc2cccc(CO)c2)cn1. The van der Waals surface area contributed by atoms with E-state index >= 15 is 0 Å². The molecule has 0 fully saturated rings. The fourth-order valence-electron chi connectivity index (χ4n) is 1.74. The zero-order chi connectivity index (χ0) is 13.0. The van der Waals surface area contributed by atoms with Gasteiger partial charge in [-0.25, -0.2) is 0 Å². The third-order valence-electron chi connectivity index (χ3n) is 2.67. The van der Waals surface area contributed by atoms with Gasteiger partial charge in [0.15, 0.2) is 0 Å². The molecule has 1 aromatic carbocycles. The van der Waals surface area contributed by atoms with Crippen LogP contribution in [0.25, 0.3) is 0 Å². The van der Waals surface area contributed by atoms with Gasteiger partial charge >= 0.3 is 0 Å². The Balaban J connectivity index is 2.14. The first-order valence-electron chi connectivity index (χ1n) is 5.78. The molecule has 0 radical (unpaired) electrons. The number of aliphatic hydroxyl groups is 1. The maximum Gasteiger partial charge on any atom is 0.139 e. The number of hydrogen-bond acceptors (Lipinski definition) is 4. The monoisotopic (exact) mass is 247 g/mol. The van der Waals surface area contributed by atoms with Crippen LogP contribution in [0.5, 0.6) is 5.75 Å². The smallest absolute Gasteiger partial charge is 0.139 e. The van der Waals surface area contributed by atoms with Crippen LogP contribution < -0.4 is 10.5 Å². The molecule has 1 atom stereocenters. The van der Waals surface area contributed by atoms with Crippen molar-refractivity contribution >= 4 is 0 Å². The van der Waals surface area contributed by atoms with E-state index in [0.29, 0.717) is 12.3 Å². The molecule has 1 aromatic heterocycles. The van der Waals surface area contributed by atoms with E-state index in [1.807, 2.05) is 31.4 Å². The molecule has 0 bridgehead atoms. The Morgan fingerprint density at radius 1 is 1.50 bits per heavy atom. The van der Waals surface area contributed by atoms with E-state index < -0.39 is 0 Å².